The average Bonchev–Trinajstić information content (AvgIpc) is 3.48. The number of Topliss-reactive ketones (excluding diaryl/α,β-unsaturated/α-hetero) is 1. The van der Waals surface area contributed by atoms with Crippen LogP contribution >= 0.6 is 11.6 Å². The number of aryl methyl sites for hydroxylation is 1. The first-order valence-corrected chi connectivity index (χ1v) is 20.2. The molecule has 3 aromatic rings. The van der Waals surface area contributed by atoms with E-state index < -0.39 is 23.8 Å². The molecule has 0 amide bonds. The van der Waals surface area contributed by atoms with Gasteiger partial charge in [0.15, 0.2) is 5.78 Å². The van der Waals surface area contributed by atoms with E-state index in [1.54, 1.807) is 6.92 Å². The molecule has 11 atom stereocenters. The number of rotatable bonds is 8. The summed E-state index contributed by atoms with van der Waals surface area (Å²) >= 11 is 6.79. The number of aliphatic carboxylic acids is 1. The fraction of sp³-hybridized carbons (Fsp3) is 0.578. The van der Waals surface area contributed by atoms with Gasteiger partial charge in [0.1, 0.15) is 5.60 Å². The number of carboxylic acid groups (broad SMARTS) is 1. The number of benzene rings is 2. The van der Waals surface area contributed by atoms with E-state index in [1.807, 2.05) is 49.4 Å². The number of aliphatic hydroxyl groups excluding tert-OH is 2. The van der Waals surface area contributed by atoms with Gasteiger partial charge in [0.2, 0.25) is 0 Å². The van der Waals surface area contributed by atoms with E-state index in [4.69, 9.17) is 11.6 Å². The standard InChI is InChI=1S/C45H55ClN2O6/c1-25(10-15-39(52)53)32-13-14-33-41-34(22-38(51)44(32,33)5)43(4)18-19-45(54,23-30(43)21-37(41)50)17-16-28-11-12-29(35(46)20-28)24-47-42-31-8-6-7-9-36(31)48-26(2)40(42)27(3)49/h6-9,11-12,20,25,30,32-34,37-38,41,50-51,54H,10,13-15,18-19,21-24H2,1-5H3,(H,47,48)(H,52,53)/t25-,30?,32-,33?,34?,37-,38+,41?,43+,44-,45-/m1/s1. The fourth-order valence-electron chi connectivity index (χ4n) is 11.9. The van der Waals surface area contributed by atoms with Crippen LogP contribution in [0.2, 0.25) is 5.02 Å². The van der Waals surface area contributed by atoms with Crippen LogP contribution in [0.15, 0.2) is 42.5 Å². The molecule has 288 valence electrons. The summed E-state index contributed by atoms with van der Waals surface area (Å²) < 4.78 is 0. The van der Waals surface area contributed by atoms with Crippen molar-refractivity contribution in [1.82, 2.24) is 4.98 Å². The zero-order valence-corrected chi connectivity index (χ0v) is 32.9. The molecular weight excluding hydrogens is 700 g/mol. The van der Waals surface area contributed by atoms with Crippen LogP contribution in [0.5, 0.6) is 0 Å². The quantitative estimate of drug-likeness (QED) is 0.115. The van der Waals surface area contributed by atoms with Crippen LogP contribution in [-0.4, -0.2) is 55.0 Å². The lowest BCUT2D eigenvalue weighted by atomic mass is 9.42. The summed E-state index contributed by atoms with van der Waals surface area (Å²) in [7, 11) is 0. The van der Waals surface area contributed by atoms with Crippen LogP contribution in [0.25, 0.3) is 10.9 Å². The number of hydrogen-bond donors (Lipinski definition) is 5. The zero-order valence-electron chi connectivity index (χ0n) is 32.2. The lowest BCUT2D eigenvalue weighted by Gasteiger charge is -2.64. The fourth-order valence-corrected chi connectivity index (χ4v) is 12.1. The van der Waals surface area contributed by atoms with Gasteiger partial charge < -0.3 is 25.7 Å². The number of para-hydroxylation sites is 1. The molecule has 4 aliphatic carbocycles. The molecule has 4 aliphatic rings. The number of hydrogen-bond acceptors (Lipinski definition) is 7. The highest BCUT2D eigenvalue weighted by molar-refractivity contribution is 6.31. The second kappa shape index (κ2) is 14.5. The summed E-state index contributed by atoms with van der Waals surface area (Å²) in [4.78, 5) is 28.6. The van der Waals surface area contributed by atoms with Crippen LogP contribution in [0.4, 0.5) is 5.69 Å². The Morgan fingerprint density at radius 1 is 1.07 bits per heavy atom. The lowest BCUT2D eigenvalue weighted by molar-refractivity contribution is -0.211. The molecule has 0 bridgehead atoms. The zero-order chi connectivity index (χ0) is 38.7. The van der Waals surface area contributed by atoms with E-state index >= 15 is 0 Å². The summed E-state index contributed by atoms with van der Waals surface area (Å²) in [5.74, 6) is 6.47. The number of aromatic nitrogens is 1. The van der Waals surface area contributed by atoms with Crippen molar-refractivity contribution in [1.29, 1.82) is 0 Å². The number of carboxylic acids is 1. The third kappa shape index (κ3) is 6.74. The van der Waals surface area contributed by atoms with E-state index in [2.05, 4.69) is 42.9 Å². The van der Waals surface area contributed by atoms with E-state index in [0.29, 0.717) is 60.5 Å². The van der Waals surface area contributed by atoms with Gasteiger partial charge in [0.05, 0.1) is 34.7 Å². The van der Waals surface area contributed by atoms with Gasteiger partial charge in [-0.05, 0) is 135 Å². The number of nitrogens with zero attached hydrogens (tertiary/aromatic N) is 1. The Morgan fingerprint density at radius 3 is 2.56 bits per heavy atom. The van der Waals surface area contributed by atoms with Crippen molar-refractivity contribution in [2.45, 2.75) is 117 Å². The SMILES string of the molecule is CC(=O)c1c(C)nc2ccccc2c1NCc1ccc(C#C[C@@]2(O)CC[C@@]3(C)C(C[C@@H](O)C4C3C[C@H](O)[C@@]3(C)C4CC[C@@H]3[C@H](C)CCC(=O)O)C2)cc1Cl. The highest BCUT2D eigenvalue weighted by Crippen LogP contribution is 2.69. The van der Waals surface area contributed by atoms with Gasteiger partial charge in [-0.15, -0.1) is 0 Å². The minimum atomic E-state index is -1.20. The van der Waals surface area contributed by atoms with Crippen LogP contribution in [0.1, 0.15) is 113 Å². The number of fused-ring (bicyclic) bond motifs is 6. The molecule has 1 aromatic heterocycles. The molecule has 7 rings (SSSR count). The molecule has 0 spiro atoms. The maximum atomic E-state index is 12.6. The molecule has 0 aliphatic heterocycles. The molecule has 4 fully saturated rings. The minimum Gasteiger partial charge on any atom is -0.481 e. The largest absolute Gasteiger partial charge is 0.481 e. The number of anilines is 1. The molecule has 1 heterocycles. The van der Waals surface area contributed by atoms with Gasteiger partial charge in [0.25, 0.3) is 0 Å². The third-order valence-electron chi connectivity index (χ3n) is 14.8. The summed E-state index contributed by atoms with van der Waals surface area (Å²) in [5.41, 5.74) is 2.66. The smallest absolute Gasteiger partial charge is 0.303 e. The monoisotopic (exact) mass is 754 g/mol. The molecular formula is C45H55ClN2O6. The first-order valence-electron chi connectivity index (χ1n) is 19.8. The average molecular weight is 755 g/mol. The molecule has 9 heteroatoms. The predicted molar refractivity (Wildman–Crippen MR) is 211 cm³/mol. The summed E-state index contributed by atoms with van der Waals surface area (Å²) in [6.45, 7) is 10.4. The van der Waals surface area contributed by atoms with Crippen LogP contribution in [-0.2, 0) is 11.3 Å². The minimum absolute atomic E-state index is 0.0591. The van der Waals surface area contributed by atoms with Gasteiger partial charge in [-0.2, -0.15) is 0 Å². The first kappa shape index (κ1) is 38.8. The Bertz CT molecular complexity index is 2020. The van der Waals surface area contributed by atoms with Crippen molar-refractivity contribution in [3.63, 3.8) is 0 Å². The van der Waals surface area contributed by atoms with Crippen molar-refractivity contribution < 1.29 is 30.0 Å². The van der Waals surface area contributed by atoms with Crippen LogP contribution < -0.4 is 5.32 Å². The van der Waals surface area contributed by atoms with Crippen LogP contribution in [0.3, 0.4) is 0 Å². The Labute approximate surface area is 324 Å². The van der Waals surface area contributed by atoms with Crippen molar-refractivity contribution in [2.24, 2.45) is 46.3 Å². The van der Waals surface area contributed by atoms with E-state index in [9.17, 15) is 30.0 Å². The molecule has 8 nitrogen and oxygen atoms in total. The topological polar surface area (TPSA) is 140 Å². The molecule has 0 radical (unpaired) electrons. The molecule has 2 aromatic carbocycles. The van der Waals surface area contributed by atoms with E-state index in [1.165, 1.54) is 0 Å². The summed E-state index contributed by atoms with van der Waals surface area (Å²) in [6, 6.07) is 13.4. The highest BCUT2D eigenvalue weighted by atomic mass is 35.5. The maximum absolute atomic E-state index is 12.6. The van der Waals surface area contributed by atoms with E-state index in [-0.39, 0.29) is 58.5 Å². The van der Waals surface area contributed by atoms with Crippen molar-refractivity contribution >= 4 is 39.9 Å². The third-order valence-corrected chi connectivity index (χ3v) is 15.1. The number of halogens is 1. The Kier molecular flexibility index (Phi) is 10.4. The maximum Gasteiger partial charge on any atom is 0.303 e. The van der Waals surface area contributed by atoms with Gasteiger partial charge in [0, 0.05) is 28.9 Å². The lowest BCUT2D eigenvalue weighted by Crippen LogP contribution is -2.63. The van der Waals surface area contributed by atoms with E-state index in [0.717, 1.165) is 41.4 Å². The van der Waals surface area contributed by atoms with Gasteiger partial charge >= 0.3 is 5.97 Å². The second-order valence-electron chi connectivity index (χ2n) is 17.7. The van der Waals surface area contributed by atoms with Gasteiger partial charge in [-0.25, -0.2) is 0 Å². The predicted octanol–water partition coefficient (Wildman–Crippen LogP) is 8.20. The van der Waals surface area contributed by atoms with Crippen molar-refractivity contribution in [3.8, 4) is 11.8 Å². The molecule has 0 saturated heterocycles. The van der Waals surface area contributed by atoms with Crippen LogP contribution in [0, 0.1) is 65.1 Å². The second-order valence-corrected chi connectivity index (χ2v) is 18.1. The number of carbonyl (C=O) groups excluding carboxylic acids is 1. The Balaban J connectivity index is 1.05. The number of aliphatic hydroxyl groups is 3. The Hall–Kier alpha value is -3.48. The number of ketones is 1. The summed E-state index contributed by atoms with van der Waals surface area (Å²) in [5, 5.41) is 49.8. The van der Waals surface area contributed by atoms with Gasteiger partial charge in [-0.3, -0.25) is 14.6 Å². The molecule has 5 N–H and O–H groups in total. The van der Waals surface area contributed by atoms with Crippen molar-refractivity contribution in [2.75, 3.05) is 5.32 Å². The van der Waals surface area contributed by atoms with Gasteiger partial charge in [-0.1, -0.05) is 68.5 Å². The summed E-state index contributed by atoms with van der Waals surface area (Å²) in [6.07, 6.45) is 4.59. The number of carbonyl (C=O) groups is 2. The normalized spacial score (nSPS) is 34.9. The molecule has 4 unspecified atom stereocenters. The molecule has 4 saturated carbocycles. The highest BCUT2D eigenvalue weighted by Gasteiger charge is 2.66. The number of nitrogens with one attached hydrogen (secondary N) is 1. The number of pyridine rings is 1. The van der Waals surface area contributed by atoms with Crippen molar-refractivity contribution in [3.05, 3.63) is 69.9 Å². The molecule has 54 heavy (non-hydrogen) atoms. The first-order chi connectivity index (χ1) is 25.6. The Morgan fingerprint density at radius 2 is 1.83 bits per heavy atom.